The topological polar surface area (TPSA) is 59.7 Å². The zero-order valence-corrected chi connectivity index (χ0v) is 18.1. The molecular formula is C29H22O4. The largest absolute Gasteiger partial charge is 0.489 e. The molecule has 1 aromatic heterocycles. The third kappa shape index (κ3) is 4.23. The number of aryl methyl sites for hydroxylation is 1. The Morgan fingerprint density at radius 2 is 1.58 bits per heavy atom. The highest BCUT2D eigenvalue weighted by atomic mass is 16.5. The summed E-state index contributed by atoms with van der Waals surface area (Å²) in [6.07, 6.45) is 0. The number of fused-ring (bicyclic) bond motifs is 1. The van der Waals surface area contributed by atoms with Crippen molar-refractivity contribution in [2.24, 2.45) is 0 Å². The number of carbonyl (C=O) groups is 1. The summed E-state index contributed by atoms with van der Waals surface area (Å²) in [5, 5.41) is 10.4. The Morgan fingerprint density at radius 3 is 2.33 bits per heavy atom. The van der Waals surface area contributed by atoms with Crippen molar-refractivity contribution >= 4 is 16.9 Å². The van der Waals surface area contributed by atoms with E-state index in [1.54, 1.807) is 18.2 Å². The summed E-state index contributed by atoms with van der Waals surface area (Å²) in [7, 11) is 0. The van der Waals surface area contributed by atoms with Gasteiger partial charge in [-0.15, -0.1) is 0 Å². The molecule has 5 rings (SSSR count). The van der Waals surface area contributed by atoms with E-state index in [-0.39, 0.29) is 5.56 Å². The second kappa shape index (κ2) is 8.67. The van der Waals surface area contributed by atoms with E-state index in [4.69, 9.17) is 9.15 Å². The first-order chi connectivity index (χ1) is 16.1. The van der Waals surface area contributed by atoms with Crippen LogP contribution in [-0.2, 0) is 6.61 Å². The third-order valence-corrected chi connectivity index (χ3v) is 5.63. The fourth-order valence-electron chi connectivity index (χ4n) is 3.93. The SMILES string of the molecule is Cc1ccc(-c2oc3ccc(OCc4cccc(-c5ccccc5)c4)cc3c2C(=O)O)cc1. The molecule has 0 radical (unpaired) electrons. The quantitative estimate of drug-likeness (QED) is 0.303. The van der Waals surface area contributed by atoms with E-state index in [1.165, 1.54) is 0 Å². The van der Waals surface area contributed by atoms with Crippen molar-refractivity contribution in [2.75, 3.05) is 0 Å². The molecule has 0 amide bonds. The highest BCUT2D eigenvalue weighted by Crippen LogP contribution is 2.36. The molecule has 0 fully saturated rings. The first kappa shape index (κ1) is 20.6. The number of furan rings is 1. The van der Waals surface area contributed by atoms with Gasteiger partial charge in [-0.1, -0.05) is 78.4 Å². The van der Waals surface area contributed by atoms with E-state index in [2.05, 4.69) is 24.3 Å². The van der Waals surface area contributed by atoms with Crippen molar-refractivity contribution in [1.29, 1.82) is 0 Å². The molecule has 0 unspecified atom stereocenters. The standard InChI is InChI=1S/C29H22O4/c1-19-10-12-22(13-11-19)28-27(29(30)31)25-17-24(14-15-26(25)33-28)32-18-20-6-5-9-23(16-20)21-7-3-2-4-8-21/h2-17H,18H2,1H3,(H,30,31). The molecule has 4 aromatic carbocycles. The van der Waals surface area contributed by atoms with Gasteiger partial charge in [0.2, 0.25) is 0 Å². The van der Waals surface area contributed by atoms with Gasteiger partial charge in [-0.05, 0) is 47.9 Å². The zero-order chi connectivity index (χ0) is 22.8. The monoisotopic (exact) mass is 434 g/mol. The van der Waals surface area contributed by atoms with Gasteiger partial charge >= 0.3 is 5.97 Å². The molecule has 0 bridgehead atoms. The molecule has 1 N–H and O–H groups in total. The Hall–Kier alpha value is -4.31. The summed E-state index contributed by atoms with van der Waals surface area (Å²) in [6, 6.07) is 31.3. The predicted molar refractivity (Wildman–Crippen MR) is 130 cm³/mol. The number of ether oxygens (including phenoxy) is 1. The summed E-state index contributed by atoms with van der Waals surface area (Å²) in [4.78, 5) is 12.1. The number of rotatable bonds is 6. The van der Waals surface area contributed by atoms with Gasteiger partial charge in [0.25, 0.3) is 0 Å². The van der Waals surface area contributed by atoms with Crippen LogP contribution < -0.4 is 4.74 Å². The molecular weight excluding hydrogens is 412 g/mol. The van der Waals surface area contributed by atoms with E-state index in [1.807, 2.05) is 61.5 Å². The Morgan fingerprint density at radius 1 is 0.818 bits per heavy atom. The predicted octanol–water partition coefficient (Wildman–Crippen LogP) is 7.35. The first-order valence-electron chi connectivity index (χ1n) is 10.7. The maximum Gasteiger partial charge on any atom is 0.340 e. The van der Waals surface area contributed by atoms with Crippen LogP contribution in [0.15, 0.2) is 101 Å². The lowest BCUT2D eigenvalue weighted by molar-refractivity contribution is 0.0699. The fraction of sp³-hybridized carbons (Fsp3) is 0.0690. The Labute approximate surface area is 191 Å². The summed E-state index contributed by atoms with van der Waals surface area (Å²) in [5.41, 5.74) is 5.79. The third-order valence-electron chi connectivity index (χ3n) is 5.63. The number of aromatic carboxylic acids is 1. The normalized spacial score (nSPS) is 10.9. The minimum Gasteiger partial charge on any atom is -0.489 e. The molecule has 0 spiro atoms. The molecule has 4 nitrogen and oxygen atoms in total. The maximum absolute atomic E-state index is 12.1. The van der Waals surface area contributed by atoms with Crippen LogP contribution in [0, 0.1) is 6.92 Å². The van der Waals surface area contributed by atoms with E-state index >= 15 is 0 Å². The lowest BCUT2D eigenvalue weighted by Gasteiger charge is -2.08. The molecule has 0 aliphatic heterocycles. The Kier molecular flexibility index (Phi) is 5.41. The summed E-state index contributed by atoms with van der Waals surface area (Å²) in [5.74, 6) is -0.0892. The summed E-state index contributed by atoms with van der Waals surface area (Å²) >= 11 is 0. The van der Waals surface area contributed by atoms with E-state index < -0.39 is 5.97 Å². The average Bonchev–Trinajstić information content (AvgIpc) is 3.23. The van der Waals surface area contributed by atoms with E-state index in [0.717, 1.165) is 27.8 Å². The molecule has 4 heteroatoms. The van der Waals surface area contributed by atoms with Crippen LogP contribution in [0.1, 0.15) is 21.5 Å². The highest BCUT2D eigenvalue weighted by molar-refractivity contribution is 6.08. The number of carboxylic acids is 1. The highest BCUT2D eigenvalue weighted by Gasteiger charge is 2.22. The molecule has 0 saturated carbocycles. The van der Waals surface area contributed by atoms with Gasteiger partial charge in [0.15, 0.2) is 0 Å². The first-order valence-corrected chi connectivity index (χ1v) is 10.7. The molecule has 0 aliphatic rings. The number of benzene rings is 4. The van der Waals surface area contributed by atoms with Gasteiger partial charge in [0, 0.05) is 10.9 Å². The van der Waals surface area contributed by atoms with Crippen molar-refractivity contribution in [3.63, 3.8) is 0 Å². The second-order valence-electron chi connectivity index (χ2n) is 7.99. The van der Waals surface area contributed by atoms with E-state index in [0.29, 0.717) is 29.1 Å². The average molecular weight is 434 g/mol. The van der Waals surface area contributed by atoms with Crippen molar-refractivity contribution in [1.82, 2.24) is 0 Å². The van der Waals surface area contributed by atoms with Gasteiger partial charge in [-0.2, -0.15) is 0 Å². The van der Waals surface area contributed by atoms with Crippen molar-refractivity contribution < 1.29 is 19.1 Å². The van der Waals surface area contributed by atoms with Crippen LogP contribution in [0.2, 0.25) is 0 Å². The van der Waals surface area contributed by atoms with Crippen LogP contribution in [0.25, 0.3) is 33.4 Å². The van der Waals surface area contributed by atoms with Gasteiger partial charge < -0.3 is 14.3 Å². The van der Waals surface area contributed by atoms with Crippen LogP contribution >= 0.6 is 0 Å². The molecule has 162 valence electrons. The molecule has 0 saturated heterocycles. The molecule has 5 aromatic rings. The van der Waals surface area contributed by atoms with Crippen molar-refractivity contribution in [3.05, 3.63) is 114 Å². The minimum atomic E-state index is -1.03. The molecule has 0 aliphatic carbocycles. The van der Waals surface area contributed by atoms with Gasteiger partial charge in [0.05, 0.1) is 0 Å². The Balaban J connectivity index is 1.44. The van der Waals surface area contributed by atoms with Crippen LogP contribution in [-0.4, -0.2) is 11.1 Å². The summed E-state index contributed by atoms with van der Waals surface area (Å²) in [6.45, 7) is 2.36. The summed E-state index contributed by atoms with van der Waals surface area (Å²) < 4.78 is 12.0. The van der Waals surface area contributed by atoms with Gasteiger partial charge in [0.1, 0.15) is 29.3 Å². The van der Waals surface area contributed by atoms with Crippen molar-refractivity contribution in [2.45, 2.75) is 13.5 Å². The van der Waals surface area contributed by atoms with Crippen LogP contribution in [0.3, 0.4) is 0 Å². The zero-order valence-electron chi connectivity index (χ0n) is 18.1. The molecule has 33 heavy (non-hydrogen) atoms. The second-order valence-corrected chi connectivity index (χ2v) is 7.99. The van der Waals surface area contributed by atoms with Gasteiger partial charge in [-0.3, -0.25) is 0 Å². The lowest BCUT2D eigenvalue weighted by atomic mass is 10.0. The molecule has 1 heterocycles. The van der Waals surface area contributed by atoms with Crippen molar-refractivity contribution in [3.8, 4) is 28.2 Å². The van der Waals surface area contributed by atoms with Crippen LogP contribution in [0.5, 0.6) is 5.75 Å². The fourth-order valence-corrected chi connectivity index (χ4v) is 3.93. The van der Waals surface area contributed by atoms with Crippen LogP contribution in [0.4, 0.5) is 0 Å². The maximum atomic E-state index is 12.1. The number of hydrogen-bond donors (Lipinski definition) is 1. The number of hydrogen-bond acceptors (Lipinski definition) is 3. The van der Waals surface area contributed by atoms with E-state index in [9.17, 15) is 9.90 Å². The Bertz CT molecular complexity index is 1430. The smallest absolute Gasteiger partial charge is 0.340 e. The van der Waals surface area contributed by atoms with Gasteiger partial charge in [-0.25, -0.2) is 4.79 Å². The molecule has 0 atom stereocenters. The lowest BCUT2D eigenvalue weighted by Crippen LogP contribution is -1.98. The minimum absolute atomic E-state index is 0.144. The number of carboxylic acid groups (broad SMARTS) is 1.